The SMILES string of the molecule is Cc1cc(C(=O)N(C)C)ccc1NC(=O)N[C@H](C)C1=CCCCC1. The van der Waals surface area contributed by atoms with Gasteiger partial charge in [0.1, 0.15) is 0 Å². The van der Waals surface area contributed by atoms with Crippen LogP contribution in [0.5, 0.6) is 0 Å². The molecular weight excluding hydrogens is 302 g/mol. The Morgan fingerprint density at radius 1 is 1.21 bits per heavy atom. The summed E-state index contributed by atoms with van der Waals surface area (Å²) in [6.45, 7) is 3.90. The van der Waals surface area contributed by atoms with Crippen molar-refractivity contribution in [2.45, 2.75) is 45.6 Å². The summed E-state index contributed by atoms with van der Waals surface area (Å²) in [6, 6.07) is 5.13. The molecule has 0 aromatic heterocycles. The van der Waals surface area contributed by atoms with Gasteiger partial charge in [-0.15, -0.1) is 0 Å². The first-order valence-corrected chi connectivity index (χ1v) is 8.47. The van der Waals surface area contributed by atoms with Crippen molar-refractivity contribution < 1.29 is 9.59 Å². The monoisotopic (exact) mass is 329 g/mol. The molecule has 2 N–H and O–H groups in total. The number of allylic oxidation sites excluding steroid dienone is 1. The van der Waals surface area contributed by atoms with Crippen molar-refractivity contribution in [3.63, 3.8) is 0 Å². The van der Waals surface area contributed by atoms with Crippen molar-refractivity contribution in [2.24, 2.45) is 0 Å². The lowest BCUT2D eigenvalue weighted by Gasteiger charge is -2.21. The summed E-state index contributed by atoms with van der Waals surface area (Å²) in [5.74, 6) is -0.0491. The highest BCUT2D eigenvalue weighted by atomic mass is 16.2. The molecule has 3 amide bonds. The summed E-state index contributed by atoms with van der Waals surface area (Å²) in [5.41, 5.74) is 3.50. The van der Waals surface area contributed by atoms with Crippen LogP contribution >= 0.6 is 0 Å². The average Bonchev–Trinajstić information content (AvgIpc) is 2.56. The number of amides is 3. The van der Waals surface area contributed by atoms with Gasteiger partial charge < -0.3 is 15.5 Å². The molecule has 5 heteroatoms. The second-order valence-electron chi connectivity index (χ2n) is 6.57. The van der Waals surface area contributed by atoms with Crippen molar-refractivity contribution in [2.75, 3.05) is 19.4 Å². The van der Waals surface area contributed by atoms with Crippen LogP contribution in [0.15, 0.2) is 29.8 Å². The lowest BCUT2D eigenvalue weighted by molar-refractivity contribution is 0.0827. The van der Waals surface area contributed by atoms with Gasteiger partial charge in [-0.05, 0) is 63.3 Å². The zero-order valence-corrected chi connectivity index (χ0v) is 15.0. The van der Waals surface area contributed by atoms with Gasteiger partial charge in [-0.2, -0.15) is 0 Å². The molecule has 0 spiro atoms. The molecule has 0 unspecified atom stereocenters. The third-order valence-corrected chi connectivity index (χ3v) is 4.36. The molecule has 1 aliphatic carbocycles. The highest BCUT2D eigenvalue weighted by Gasteiger charge is 2.15. The first-order chi connectivity index (χ1) is 11.4. The second-order valence-corrected chi connectivity index (χ2v) is 6.57. The standard InChI is InChI=1S/C19H27N3O2/c1-13-12-16(18(23)22(3)4)10-11-17(13)21-19(24)20-14(2)15-8-6-5-7-9-15/h8,10-12,14H,5-7,9H2,1-4H3,(H2,20,21,24)/t14-/m1/s1. The number of urea groups is 1. The quantitative estimate of drug-likeness (QED) is 0.827. The van der Waals surface area contributed by atoms with E-state index in [1.165, 1.54) is 23.3 Å². The van der Waals surface area contributed by atoms with Crippen LogP contribution in [0.1, 0.15) is 48.5 Å². The Morgan fingerprint density at radius 2 is 1.96 bits per heavy atom. The van der Waals surface area contributed by atoms with Crippen LogP contribution in [0.25, 0.3) is 0 Å². The Morgan fingerprint density at radius 3 is 2.54 bits per heavy atom. The third kappa shape index (κ3) is 4.60. The summed E-state index contributed by atoms with van der Waals surface area (Å²) >= 11 is 0. The number of rotatable bonds is 4. The minimum atomic E-state index is -0.219. The Kier molecular flexibility index (Phi) is 6.01. The fourth-order valence-corrected chi connectivity index (χ4v) is 2.90. The van der Waals surface area contributed by atoms with Crippen LogP contribution in [-0.4, -0.2) is 37.0 Å². The molecule has 0 saturated heterocycles. The van der Waals surface area contributed by atoms with E-state index in [-0.39, 0.29) is 18.0 Å². The topological polar surface area (TPSA) is 61.4 Å². The molecule has 130 valence electrons. The van der Waals surface area contributed by atoms with E-state index in [2.05, 4.69) is 16.7 Å². The zero-order valence-electron chi connectivity index (χ0n) is 15.0. The van der Waals surface area contributed by atoms with Gasteiger partial charge in [-0.3, -0.25) is 4.79 Å². The van der Waals surface area contributed by atoms with Gasteiger partial charge in [0, 0.05) is 31.4 Å². The second kappa shape index (κ2) is 7.99. The van der Waals surface area contributed by atoms with Gasteiger partial charge >= 0.3 is 6.03 Å². The number of hydrogen-bond acceptors (Lipinski definition) is 2. The highest BCUT2D eigenvalue weighted by molar-refractivity contribution is 5.96. The van der Waals surface area contributed by atoms with E-state index in [4.69, 9.17) is 0 Å². The predicted octanol–water partition coefficient (Wildman–Crippen LogP) is 3.71. The lowest BCUT2D eigenvalue weighted by Crippen LogP contribution is -2.37. The molecule has 0 aliphatic heterocycles. The molecule has 0 radical (unpaired) electrons. The fraction of sp³-hybridized carbons (Fsp3) is 0.474. The number of nitrogens with zero attached hydrogens (tertiary/aromatic N) is 1. The maximum atomic E-state index is 12.2. The first-order valence-electron chi connectivity index (χ1n) is 8.47. The van der Waals surface area contributed by atoms with Crippen molar-refractivity contribution in [3.8, 4) is 0 Å². The maximum absolute atomic E-state index is 12.2. The average molecular weight is 329 g/mol. The molecule has 0 saturated carbocycles. The van der Waals surface area contributed by atoms with Gasteiger partial charge in [0.15, 0.2) is 0 Å². The fourth-order valence-electron chi connectivity index (χ4n) is 2.90. The Balaban J connectivity index is 1.98. The van der Waals surface area contributed by atoms with Crippen molar-refractivity contribution in [1.29, 1.82) is 0 Å². The van der Waals surface area contributed by atoms with E-state index in [1.54, 1.807) is 32.3 Å². The smallest absolute Gasteiger partial charge is 0.319 e. The molecule has 2 rings (SSSR count). The molecule has 0 fully saturated rings. The molecule has 1 aliphatic rings. The Hall–Kier alpha value is -2.30. The molecule has 1 atom stereocenters. The van der Waals surface area contributed by atoms with Gasteiger partial charge in [0.25, 0.3) is 5.91 Å². The Bertz CT molecular complexity index is 650. The van der Waals surface area contributed by atoms with Crippen LogP contribution in [-0.2, 0) is 0 Å². The largest absolute Gasteiger partial charge is 0.345 e. The number of carbonyl (C=O) groups is 2. The first kappa shape index (κ1) is 18.0. The van der Waals surface area contributed by atoms with E-state index in [0.717, 1.165) is 18.4 Å². The normalized spacial score (nSPS) is 15.2. The van der Waals surface area contributed by atoms with Crippen molar-refractivity contribution >= 4 is 17.6 Å². The molecule has 1 aromatic rings. The zero-order chi connectivity index (χ0) is 17.7. The lowest BCUT2D eigenvalue weighted by atomic mass is 9.95. The van der Waals surface area contributed by atoms with E-state index in [0.29, 0.717) is 11.3 Å². The summed E-state index contributed by atoms with van der Waals surface area (Å²) in [5, 5.41) is 5.86. The summed E-state index contributed by atoms with van der Waals surface area (Å²) in [7, 11) is 3.44. The molecule has 5 nitrogen and oxygen atoms in total. The number of nitrogens with one attached hydrogen (secondary N) is 2. The van der Waals surface area contributed by atoms with Crippen molar-refractivity contribution in [3.05, 3.63) is 41.0 Å². The van der Waals surface area contributed by atoms with Crippen molar-refractivity contribution in [1.82, 2.24) is 10.2 Å². The van der Waals surface area contributed by atoms with Crippen LogP contribution in [0.4, 0.5) is 10.5 Å². The number of benzene rings is 1. The predicted molar refractivity (Wildman–Crippen MR) is 97.4 cm³/mol. The van der Waals surface area contributed by atoms with Gasteiger partial charge in [0.05, 0.1) is 0 Å². The maximum Gasteiger partial charge on any atom is 0.319 e. The van der Waals surface area contributed by atoms with Gasteiger partial charge in [-0.1, -0.05) is 11.6 Å². The molecule has 0 bridgehead atoms. The highest BCUT2D eigenvalue weighted by Crippen LogP contribution is 2.21. The van der Waals surface area contributed by atoms with Crippen LogP contribution in [0.3, 0.4) is 0 Å². The van der Waals surface area contributed by atoms with Gasteiger partial charge in [-0.25, -0.2) is 4.79 Å². The molecule has 24 heavy (non-hydrogen) atoms. The minimum Gasteiger partial charge on any atom is -0.345 e. The Labute approximate surface area is 144 Å². The molecular formula is C19H27N3O2. The number of anilines is 1. The molecule has 0 heterocycles. The number of aryl methyl sites for hydroxylation is 1. The van der Waals surface area contributed by atoms with E-state index < -0.39 is 0 Å². The minimum absolute atomic E-state index is 0.0419. The van der Waals surface area contributed by atoms with Crippen LogP contribution in [0, 0.1) is 6.92 Å². The summed E-state index contributed by atoms with van der Waals surface area (Å²) in [6.07, 6.45) is 6.83. The van der Waals surface area contributed by atoms with E-state index in [9.17, 15) is 9.59 Å². The number of hydrogen-bond donors (Lipinski definition) is 2. The van der Waals surface area contributed by atoms with E-state index >= 15 is 0 Å². The summed E-state index contributed by atoms with van der Waals surface area (Å²) in [4.78, 5) is 25.7. The van der Waals surface area contributed by atoms with Gasteiger partial charge in [0.2, 0.25) is 0 Å². The van der Waals surface area contributed by atoms with Crippen LogP contribution in [0.2, 0.25) is 0 Å². The summed E-state index contributed by atoms with van der Waals surface area (Å²) < 4.78 is 0. The number of carbonyl (C=O) groups excluding carboxylic acids is 2. The van der Waals surface area contributed by atoms with E-state index in [1.807, 2.05) is 13.8 Å². The molecule has 1 aromatic carbocycles. The van der Waals surface area contributed by atoms with Crippen LogP contribution < -0.4 is 10.6 Å². The third-order valence-electron chi connectivity index (χ3n) is 4.36.